The van der Waals surface area contributed by atoms with Gasteiger partial charge in [-0.1, -0.05) is 54.2 Å². The second-order valence-electron chi connectivity index (χ2n) is 5.74. The minimum atomic E-state index is -0.196. The molecule has 3 rings (SSSR count). The number of amidine groups is 1. The van der Waals surface area contributed by atoms with E-state index in [2.05, 4.69) is 53.6 Å². The van der Waals surface area contributed by atoms with Gasteiger partial charge in [0.25, 0.3) is 0 Å². The third-order valence-corrected chi connectivity index (χ3v) is 4.81. The van der Waals surface area contributed by atoms with Crippen molar-refractivity contribution in [2.75, 3.05) is 11.1 Å². The second kappa shape index (κ2) is 6.44. The molecule has 3 N–H and O–H groups in total. The first-order valence-electron chi connectivity index (χ1n) is 7.52. The Morgan fingerprint density at radius 1 is 1.18 bits per heavy atom. The summed E-state index contributed by atoms with van der Waals surface area (Å²) in [5, 5.41) is 4.14. The van der Waals surface area contributed by atoms with Gasteiger partial charge in [0.15, 0.2) is 5.17 Å². The largest absolute Gasteiger partial charge is 0.381 e. The Kier molecular flexibility index (Phi) is 4.39. The lowest BCUT2D eigenvalue weighted by Gasteiger charge is -2.30. The molecule has 0 radical (unpaired) electrons. The van der Waals surface area contributed by atoms with E-state index in [0.717, 1.165) is 24.4 Å². The van der Waals surface area contributed by atoms with Crippen LogP contribution in [-0.4, -0.2) is 10.9 Å². The van der Waals surface area contributed by atoms with E-state index in [4.69, 9.17) is 5.73 Å². The van der Waals surface area contributed by atoms with Crippen molar-refractivity contribution in [2.24, 2.45) is 10.7 Å². The Hall–Kier alpha value is -1.94. The van der Waals surface area contributed by atoms with Gasteiger partial charge in [-0.2, -0.15) is 0 Å². The van der Waals surface area contributed by atoms with Gasteiger partial charge in [0.05, 0.1) is 5.54 Å². The molecule has 1 atom stereocenters. The highest BCUT2D eigenvalue weighted by molar-refractivity contribution is 8.13. The Labute approximate surface area is 136 Å². The number of anilines is 1. The van der Waals surface area contributed by atoms with E-state index in [1.54, 1.807) is 11.8 Å². The summed E-state index contributed by atoms with van der Waals surface area (Å²) < 4.78 is 0. The number of hydrogen-bond donors (Lipinski definition) is 2. The van der Waals surface area contributed by atoms with E-state index in [9.17, 15) is 0 Å². The minimum absolute atomic E-state index is 0.196. The van der Waals surface area contributed by atoms with Gasteiger partial charge in [-0.3, -0.25) is 4.99 Å². The highest BCUT2D eigenvalue weighted by Gasteiger charge is 2.29. The van der Waals surface area contributed by atoms with Crippen LogP contribution in [0.2, 0.25) is 0 Å². The van der Waals surface area contributed by atoms with Crippen LogP contribution in [0.15, 0.2) is 59.6 Å². The molecule has 22 heavy (non-hydrogen) atoms. The standard InChI is InChI=1S/C18H21N3S/c1-18(10-11-22-17(19)21-18)15-7-5-6-14(12-15)13-20-16-8-3-2-4-9-16/h2-9,12,20H,10-11,13H2,1H3,(H2,19,21). The quantitative estimate of drug-likeness (QED) is 0.898. The molecule has 0 aliphatic carbocycles. The molecule has 1 heterocycles. The van der Waals surface area contributed by atoms with Gasteiger partial charge in [0.1, 0.15) is 0 Å². The van der Waals surface area contributed by atoms with Crippen LogP contribution in [0.25, 0.3) is 0 Å². The minimum Gasteiger partial charge on any atom is -0.381 e. The lowest BCUT2D eigenvalue weighted by atomic mass is 9.89. The van der Waals surface area contributed by atoms with Crippen LogP contribution < -0.4 is 11.1 Å². The molecule has 4 heteroatoms. The molecule has 1 aliphatic rings. The molecule has 0 amide bonds. The molecular formula is C18H21N3S. The summed E-state index contributed by atoms with van der Waals surface area (Å²) in [7, 11) is 0. The van der Waals surface area contributed by atoms with Gasteiger partial charge in [-0.05, 0) is 36.6 Å². The van der Waals surface area contributed by atoms with Crippen LogP contribution in [0, 0.1) is 0 Å². The van der Waals surface area contributed by atoms with Crippen LogP contribution in [0.5, 0.6) is 0 Å². The summed E-state index contributed by atoms with van der Waals surface area (Å²) in [4.78, 5) is 4.68. The fourth-order valence-electron chi connectivity index (χ4n) is 2.67. The number of benzene rings is 2. The lowest BCUT2D eigenvalue weighted by molar-refractivity contribution is 0.481. The van der Waals surface area contributed by atoms with Crippen LogP contribution >= 0.6 is 11.8 Å². The first-order valence-corrected chi connectivity index (χ1v) is 8.51. The number of aliphatic imine (C=N–C) groups is 1. The molecule has 0 aromatic heterocycles. The Bertz CT molecular complexity index is 669. The average molecular weight is 311 g/mol. The van der Waals surface area contributed by atoms with Crippen molar-refractivity contribution in [2.45, 2.75) is 25.4 Å². The Morgan fingerprint density at radius 3 is 2.77 bits per heavy atom. The van der Waals surface area contributed by atoms with Crippen molar-refractivity contribution in [1.29, 1.82) is 0 Å². The molecule has 0 saturated carbocycles. The molecular weight excluding hydrogens is 290 g/mol. The predicted molar refractivity (Wildman–Crippen MR) is 96.3 cm³/mol. The molecule has 1 aliphatic heterocycles. The van der Waals surface area contributed by atoms with Crippen LogP contribution in [0.4, 0.5) is 5.69 Å². The average Bonchev–Trinajstić information content (AvgIpc) is 2.54. The monoisotopic (exact) mass is 311 g/mol. The van der Waals surface area contributed by atoms with Gasteiger partial charge in [0.2, 0.25) is 0 Å². The number of nitrogens with zero attached hydrogens (tertiary/aromatic N) is 1. The fraction of sp³-hybridized carbons (Fsp3) is 0.278. The van der Waals surface area contributed by atoms with Gasteiger partial charge in [-0.25, -0.2) is 0 Å². The highest BCUT2D eigenvalue weighted by Crippen LogP contribution is 2.35. The lowest BCUT2D eigenvalue weighted by Crippen LogP contribution is -2.28. The van der Waals surface area contributed by atoms with Crippen molar-refractivity contribution in [3.63, 3.8) is 0 Å². The maximum atomic E-state index is 5.92. The third-order valence-electron chi connectivity index (χ3n) is 4.02. The molecule has 2 aromatic rings. The van der Waals surface area contributed by atoms with E-state index in [-0.39, 0.29) is 5.54 Å². The number of rotatable bonds is 4. The van der Waals surface area contributed by atoms with Crippen molar-refractivity contribution < 1.29 is 0 Å². The maximum Gasteiger partial charge on any atom is 0.154 e. The first kappa shape index (κ1) is 15.0. The van der Waals surface area contributed by atoms with Crippen molar-refractivity contribution >= 4 is 22.6 Å². The molecule has 0 spiro atoms. The van der Waals surface area contributed by atoms with Gasteiger partial charge in [-0.15, -0.1) is 0 Å². The van der Waals surface area contributed by atoms with Gasteiger partial charge < -0.3 is 11.1 Å². The van der Waals surface area contributed by atoms with Crippen molar-refractivity contribution in [3.8, 4) is 0 Å². The molecule has 3 nitrogen and oxygen atoms in total. The maximum absolute atomic E-state index is 5.92. The molecule has 0 saturated heterocycles. The number of para-hydroxylation sites is 1. The number of thioether (sulfide) groups is 1. The summed E-state index contributed by atoms with van der Waals surface area (Å²) in [6.07, 6.45) is 1.02. The number of nitrogens with two attached hydrogens (primary N) is 1. The zero-order valence-corrected chi connectivity index (χ0v) is 13.6. The van der Waals surface area contributed by atoms with Crippen molar-refractivity contribution in [3.05, 3.63) is 65.7 Å². The number of nitrogens with one attached hydrogen (secondary N) is 1. The summed E-state index contributed by atoms with van der Waals surface area (Å²) in [5.74, 6) is 1.03. The second-order valence-corrected chi connectivity index (χ2v) is 6.86. The Morgan fingerprint density at radius 2 is 2.00 bits per heavy atom. The van der Waals surface area contributed by atoms with Gasteiger partial charge in [0, 0.05) is 18.0 Å². The zero-order valence-electron chi connectivity index (χ0n) is 12.8. The Balaban J connectivity index is 1.77. The first-order chi connectivity index (χ1) is 10.7. The van der Waals surface area contributed by atoms with Gasteiger partial charge >= 0.3 is 0 Å². The molecule has 0 bridgehead atoms. The molecule has 1 unspecified atom stereocenters. The summed E-state index contributed by atoms with van der Waals surface area (Å²) in [6, 6.07) is 18.9. The van der Waals surface area contributed by atoms with Crippen LogP contribution in [0.1, 0.15) is 24.5 Å². The highest BCUT2D eigenvalue weighted by atomic mass is 32.2. The zero-order chi connectivity index (χ0) is 15.4. The van der Waals surface area contributed by atoms with Crippen LogP contribution in [-0.2, 0) is 12.1 Å². The molecule has 0 fully saturated rings. The van der Waals surface area contributed by atoms with E-state index in [1.807, 2.05) is 18.2 Å². The van der Waals surface area contributed by atoms with E-state index in [0.29, 0.717) is 5.17 Å². The van der Waals surface area contributed by atoms with Crippen LogP contribution in [0.3, 0.4) is 0 Å². The van der Waals surface area contributed by atoms with E-state index < -0.39 is 0 Å². The summed E-state index contributed by atoms with van der Waals surface area (Å²) in [6.45, 7) is 2.98. The fourth-order valence-corrected chi connectivity index (χ4v) is 3.65. The number of hydrogen-bond acceptors (Lipinski definition) is 4. The normalized spacial score (nSPS) is 21.2. The topological polar surface area (TPSA) is 50.4 Å². The van der Waals surface area contributed by atoms with E-state index in [1.165, 1.54) is 11.1 Å². The SMILES string of the molecule is CC1(c2cccc(CNc3ccccc3)c2)CCSC(N)=N1. The summed E-state index contributed by atoms with van der Waals surface area (Å²) in [5.41, 5.74) is 9.36. The van der Waals surface area contributed by atoms with E-state index >= 15 is 0 Å². The van der Waals surface area contributed by atoms with Crippen molar-refractivity contribution in [1.82, 2.24) is 0 Å². The molecule has 2 aromatic carbocycles. The smallest absolute Gasteiger partial charge is 0.154 e. The molecule has 114 valence electrons. The predicted octanol–water partition coefficient (Wildman–Crippen LogP) is 3.97. The third kappa shape index (κ3) is 3.45. The summed E-state index contributed by atoms with van der Waals surface area (Å²) >= 11 is 1.64.